The number of hydrogen-bond donors (Lipinski definition) is 0. The standard InChI is InChI=1S/C14H16BrN3O/c1-3-18-13(7-8-16-18)10-17(2)14(19)11-5-4-6-12(15)9-11/h4-9H,3,10H2,1-2H3. The van der Waals surface area contributed by atoms with Crippen molar-refractivity contribution in [3.8, 4) is 0 Å². The molecule has 0 saturated heterocycles. The highest BCUT2D eigenvalue weighted by atomic mass is 79.9. The Morgan fingerprint density at radius 3 is 2.89 bits per heavy atom. The van der Waals surface area contributed by atoms with Crippen LogP contribution in [0.1, 0.15) is 23.0 Å². The van der Waals surface area contributed by atoms with Crippen molar-refractivity contribution in [1.82, 2.24) is 14.7 Å². The average molecular weight is 322 g/mol. The van der Waals surface area contributed by atoms with E-state index in [9.17, 15) is 4.79 Å². The number of amides is 1. The highest BCUT2D eigenvalue weighted by Gasteiger charge is 2.13. The van der Waals surface area contributed by atoms with Crippen LogP contribution < -0.4 is 0 Å². The number of nitrogens with zero attached hydrogens (tertiary/aromatic N) is 3. The number of halogens is 1. The molecule has 1 aromatic heterocycles. The molecule has 0 spiro atoms. The zero-order valence-corrected chi connectivity index (χ0v) is 12.6. The van der Waals surface area contributed by atoms with E-state index in [0.717, 1.165) is 16.7 Å². The van der Waals surface area contributed by atoms with Gasteiger partial charge in [0.25, 0.3) is 5.91 Å². The lowest BCUT2D eigenvalue weighted by atomic mass is 10.2. The molecule has 1 heterocycles. The maximum absolute atomic E-state index is 12.3. The summed E-state index contributed by atoms with van der Waals surface area (Å²) in [6.07, 6.45) is 1.76. The molecule has 0 unspecified atom stereocenters. The minimum atomic E-state index is 0.00477. The third-order valence-corrected chi connectivity index (χ3v) is 3.41. The SMILES string of the molecule is CCn1nccc1CN(C)C(=O)c1cccc(Br)c1. The minimum Gasteiger partial charge on any atom is -0.336 e. The molecule has 19 heavy (non-hydrogen) atoms. The van der Waals surface area contributed by atoms with Gasteiger partial charge in [0.15, 0.2) is 0 Å². The van der Waals surface area contributed by atoms with Gasteiger partial charge in [-0.2, -0.15) is 5.10 Å². The van der Waals surface area contributed by atoms with Crippen LogP contribution in [-0.2, 0) is 13.1 Å². The van der Waals surface area contributed by atoms with Crippen LogP contribution in [0.2, 0.25) is 0 Å². The van der Waals surface area contributed by atoms with E-state index >= 15 is 0 Å². The number of carbonyl (C=O) groups is 1. The van der Waals surface area contributed by atoms with Gasteiger partial charge in [-0.3, -0.25) is 9.48 Å². The van der Waals surface area contributed by atoms with E-state index < -0.39 is 0 Å². The quantitative estimate of drug-likeness (QED) is 0.868. The fourth-order valence-electron chi connectivity index (χ4n) is 1.94. The van der Waals surface area contributed by atoms with E-state index in [0.29, 0.717) is 12.1 Å². The van der Waals surface area contributed by atoms with Crippen LogP contribution in [0, 0.1) is 0 Å². The Morgan fingerprint density at radius 1 is 1.42 bits per heavy atom. The van der Waals surface area contributed by atoms with Gasteiger partial charge in [0.05, 0.1) is 12.2 Å². The first kappa shape index (κ1) is 13.8. The van der Waals surface area contributed by atoms with Gasteiger partial charge in [0.1, 0.15) is 0 Å². The zero-order valence-electron chi connectivity index (χ0n) is 11.0. The Morgan fingerprint density at radius 2 is 2.21 bits per heavy atom. The van der Waals surface area contributed by atoms with Crippen LogP contribution >= 0.6 is 15.9 Å². The van der Waals surface area contributed by atoms with E-state index in [-0.39, 0.29) is 5.91 Å². The lowest BCUT2D eigenvalue weighted by Gasteiger charge is -2.18. The summed E-state index contributed by atoms with van der Waals surface area (Å²) < 4.78 is 2.80. The van der Waals surface area contributed by atoms with Crippen LogP contribution in [0.15, 0.2) is 41.0 Å². The van der Waals surface area contributed by atoms with Crippen molar-refractivity contribution < 1.29 is 4.79 Å². The molecular weight excluding hydrogens is 306 g/mol. The largest absolute Gasteiger partial charge is 0.336 e. The second-order valence-electron chi connectivity index (χ2n) is 4.31. The molecule has 2 aromatic rings. The Balaban J connectivity index is 2.12. The fourth-order valence-corrected chi connectivity index (χ4v) is 2.34. The van der Waals surface area contributed by atoms with Crippen LogP contribution in [0.3, 0.4) is 0 Å². The van der Waals surface area contributed by atoms with Gasteiger partial charge in [-0.1, -0.05) is 22.0 Å². The lowest BCUT2D eigenvalue weighted by Crippen LogP contribution is -2.27. The third-order valence-electron chi connectivity index (χ3n) is 2.92. The highest BCUT2D eigenvalue weighted by Crippen LogP contribution is 2.14. The number of benzene rings is 1. The third kappa shape index (κ3) is 3.23. The Kier molecular flexibility index (Phi) is 4.37. The summed E-state index contributed by atoms with van der Waals surface area (Å²) in [5.41, 5.74) is 1.72. The Hall–Kier alpha value is -1.62. The van der Waals surface area contributed by atoms with Gasteiger partial charge in [-0.25, -0.2) is 0 Å². The predicted octanol–water partition coefficient (Wildman–Crippen LogP) is 2.94. The van der Waals surface area contributed by atoms with Crippen LogP contribution in [0.25, 0.3) is 0 Å². The number of carbonyl (C=O) groups excluding carboxylic acids is 1. The van der Waals surface area contributed by atoms with E-state index in [1.807, 2.05) is 41.9 Å². The van der Waals surface area contributed by atoms with E-state index in [1.54, 1.807) is 18.1 Å². The lowest BCUT2D eigenvalue weighted by molar-refractivity contribution is 0.0781. The van der Waals surface area contributed by atoms with Crippen molar-refractivity contribution in [2.45, 2.75) is 20.0 Å². The van der Waals surface area contributed by atoms with Crippen molar-refractivity contribution in [2.75, 3.05) is 7.05 Å². The van der Waals surface area contributed by atoms with E-state index in [2.05, 4.69) is 21.0 Å². The number of aryl methyl sites for hydroxylation is 1. The molecule has 0 atom stereocenters. The number of aromatic nitrogens is 2. The molecule has 0 N–H and O–H groups in total. The summed E-state index contributed by atoms with van der Waals surface area (Å²) in [5.74, 6) is 0.00477. The van der Waals surface area contributed by atoms with Crippen molar-refractivity contribution in [1.29, 1.82) is 0 Å². The summed E-state index contributed by atoms with van der Waals surface area (Å²) in [5, 5.41) is 4.21. The second-order valence-corrected chi connectivity index (χ2v) is 5.23. The maximum atomic E-state index is 12.3. The first-order valence-electron chi connectivity index (χ1n) is 6.13. The molecular formula is C14H16BrN3O. The molecule has 0 fully saturated rings. The van der Waals surface area contributed by atoms with Gasteiger partial charge >= 0.3 is 0 Å². The van der Waals surface area contributed by atoms with Crippen LogP contribution in [0.5, 0.6) is 0 Å². The average Bonchev–Trinajstić information content (AvgIpc) is 2.85. The molecule has 0 radical (unpaired) electrons. The van der Waals surface area contributed by atoms with Gasteiger partial charge in [0.2, 0.25) is 0 Å². The smallest absolute Gasteiger partial charge is 0.253 e. The number of hydrogen-bond acceptors (Lipinski definition) is 2. The molecule has 0 bridgehead atoms. The molecule has 4 nitrogen and oxygen atoms in total. The van der Waals surface area contributed by atoms with Crippen molar-refractivity contribution in [3.05, 3.63) is 52.3 Å². The molecule has 2 rings (SSSR count). The van der Waals surface area contributed by atoms with E-state index in [4.69, 9.17) is 0 Å². The van der Waals surface area contributed by atoms with Crippen LogP contribution in [0.4, 0.5) is 0 Å². The summed E-state index contributed by atoms with van der Waals surface area (Å²) >= 11 is 3.38. The maximum Gasteiger partial charge on any atom is 0.253 e. The molecule has 0 aliphatic carbocycles. The summed E-state index contributed by atoms with van der Waals surface area (Å²) in [7, 11) is 1.80. The van der Waals surface area contributed by atoms with E-state index in [1.165, 1.54) is 0 Å². The first-order chi connectivity index (χ1) is 9.11. The predicted molar refractivity (Wildman–Crippen MR) is 77.8 cm³/mol. The van der Waals surface area contributed by atoms with Gasteiger partial charge in [-0.15, -0.1) is 0 Å². The molecule has 5 heteroatoms. The van der Waals surface area contributed by atoms with Crippen molar-refractivity contribution in [3.63, 3.8) is 0 Å². The normalized spacial score (nSPS) is 10.5. The highest BCUT2D eigenvalue weighted by molar-refractivity contribution is 9.10. The summed E-state index contributed by atoms with van der Waals surface area (Å²) in [6.45, 7) is 3.40. The zero-order chi connectivity index (χ0) is 13.8. The summed E-state index contributed by atoms with van der Waals surface area (Å²) in [6, 6.07) is 9.36. The van der Waals surface area contributed by atoms with Gasteiger partial charge < -0.3 is 4.90 Å². The monoisotopic (exact) mass is 321 g/mol. The molecule has 0 saturated carbocycles. The first-order valence-corrected chi connectivity index (χ1v) is 6.93. The van der Waals surface area contributed by atoms with Crippen molar-refractivity contribution in [2.24, 2.45) is 0 Å². The molecule has 100 valence electrons. The molecule has 1 amide bonds. The Bertz CT molecular complexity index is 580. The van der Waals surface area contributed by atoms with Gasteiger partial charge in [-0.05, 0) is 31.2 Å². The molecule has 1 aromatic carbocycles. The van der Waals surface area contributed by atoms with Crippen LogP contribution in [-0.4, -0.2) is 27.6 Å². The number of rotatable bonds is 4. The second kappa shape index (κ2) is 6.02. The topological polar surface area (TPSA) is 38.1 Å². The fraction of sp³-hybridized carbons (Fsp3) is 0.286. The molecule has 0 aliphatic heterocycles. The van der Waals surface area contributed by atoms with Crippen molar-refractivity contribution >= 4 is 21.8 Å². The molecule has 0 aliphatic rings. The summed E-state index contributed by atoms with van der Waals surface area (Å²) in [4.78, 5) is 14.0. The minimum absolute atomic E-state index is 0.00477. The van der Waals surface area contributed by atoms with Gasteiger partial charge in [0, 0.05) is 29.8 Å². The Labute approximate surface area is 121 Å².